The molecular weight excluding hydrogens is 635 g/mol. The Bertz CT molecular complexity index is 2460. The molecule has 0 aliphatic heterocycles. The average Bonchev–Trinajstić information content (AvgIpc) is 3.54. The SMILES string of the molecule is CC1(C)c2ccccc2C2(c3cc(N(c4ccccc4)c4cccc(-c5cccc6c5sc5ccccc56)c4)ccc31)C1CC3CC(C1)CC2C3. The van der Waals surface area contributed by atoms with Crippen LogP contribution in [0, 0.1) is 23.7 Å². The number of para-hydroxylation sites is 1. The van der Waals surface area contributed by atoms with E-state index in [1.807, 2.05) is 11.3 Å². The number of benzene rings is 6. The van der Waals surface area contributed by atoms with Crippen LogP contribution in [0.3, 0.4) is 0 Å². The number of nitrogens with zero attached hydrogens (tertiary/aromatic N) is 1. The third-order valence-electron chi connectivity index (χ3n) is 13.7. The maximum atomic E-state index is 2.65. The molecule has 1 nitrogen and oxygen atoms in total. The second-order valence-electron chi connectivity index (χ2n) is 16.6. The van der Waals surface area contributed by atoms with Crippen molar-refractivity contribution in [2.45, 2.75) is 56.8 Å². The van der Waals surface area contributed by atoms with E-state index < -0.39 is 0 Å². The predicted octanol–water partition coefficient (Wildman–Crippen LogP) is 13.6. The van der Waals surface area contributed by atoms with Crippen molar-refractivity contribution in [2.75, 3.05) is 4.90 Å². The predicted molar refractivity (Wildman–Crippen MR) is 216 cm³/mol. The topological polar surface area (TPSA) is 3.24 Å². The first-order chi connectivity index (χ1) is 25.0. The number of anilines is 3. The lowest BCUT2D eigenvalue weighted by Crippen LogP contribution is -2.58. The van der Waals surface area contributed by atoms with E-state index >= 15 is 0 Å². The van der Waals surface area contributed by atoms with Crippen molar-refractivity contribution in [1.82, 2.24) is 0 Å². The van der Waals surface area contributed by atoms with Gasteiger partial charge in [0.2, 0.25) is 0 Å². The lowest BCUT2D eigenvalue weighted by atomic mass is 9.39. The zero-order valence-corrected chi connectivity index (χ0v) is 30.3. The van der Waals surface area contributed by atoms with Crippen molar-refractivity contribution in [2.24, 2.45) is 23.7 Å². The van der Waals surface area contributed by atoms with Crippen molar-refractivity contribution < 1.29 is 0 Å². The van der Waals surface area contributed by atoms with Crippen molar-refractivity contribution >= 4 is 48.6 Å². The molecule has 2 heteroatoms. The van der Waals surface area contributed by atoms with Gasteiger partial charge >= 0.3 is 0 Å². The van der Waals surface area contributed by atoms with Gasteiger partial charge in [-0.3, -0.25) is 0 Å². The molecule has 7 aromatic rings. The molecule has 6 aromatic carbocycles. The van der Waals surface area contributed by atoms with Gasteiger partial charge in [0.1, 0.15) is 0 Å². The van der Waals surface area contributed by atoms with E-state index in [-0.39, 0.29) is 10.8 Å². The highest BCUT2D eigenvalue weighted by atomic mass is 32.1. The molecule has 0 radical (unpaired) electrons. The molecule has 0 saturated heterocycles. The maximum absolute atomic E-state index is 2.65. The van der Waals surface area contributed by atoms with E-state index in [0.717, 1.165) is 23.7 Å². The van der Waals surface area contributed by atoms with Gasteiger partial charge in [-0.15, -0.1) is 11.3 Å². The van der Waals surface area contributed by atoms with Gasteiger partial charge in [-0.25, -0.2) is 0 Å². The Hall–Kier alpha value is -4.66. The first kappa shape index (κ1) is 30.0. The lowest BCUT2D eigenvalue weighted by molar-refractivity contribution is -0.0443. The second kappa shape index (κ2) is 10.9. The minimum Gasteiger partial charge on any atom is -0.310 e. The van der Waals surface area contributed by atoms with Crippen LogP contribution in [-0.4, -0.2) is 0 Å². The average molecular weight is 678 g/mol. The van der Waals surface area contributed by atoms with Crippen LogP contribution in [0.2, 0.25) is 0 Å². The first-order valence-corrected chi connectivity index (χ1v) is 19.9. The zero-order chi connectivity index (χ0) is 33.9. The van der Waals surface area contributed by atoms with Gasteiger partial charge in [-0.1, -0.05) is 111 Å². The van der Waals surface area contributed by atoms with Gasteiger partial charge in [0.25, 0.3) is 0 Å². The van der Waals surface area contributed by atoms with Crippen LogP contribution >= 0.6 is 11.3 Å². The Balaban J connectivity index is 1.12. The van der Waals surface area contributed by atoms with E-state index in [1.54, 1.807) is 16.7 Å². The molecule has 0 amide bonds. The summed E-state index contributed by atoms with van der Waals surface area (Å²) >= 11 is 1.91. The zero-order valence-electron chi connectivity index (χ0n) is 29.5. The number of hydrogen-bond donors (Lipinski definition) is 0. The summed E-state index contributed by atoms with van der Waals surface area (Å²) in [7, 11) is 0. The summed E-state index contributed by atoms with van der Waals surface area (Å²) in [4.78, 5) is 2.52. The summed E-state index contributed by atoms with van der Waals surface area (Å²) in [6, 6.07) is 53.2. The molecular formula is C49H43NS. The number of hydrogen-bond acceptors (Lipinski definition) is 2. The fourth-order valence-corrected chi connectivity index (χ4v) is 13.1. The highest BCUT2D eigenvalue weighted by Crippen LogP contribution is 2.69. The summed E-state index contributed by atoms with van der Waals surface area (Å²) < 4.78 is 2.71. The highest BCUT2D eigenvalue weighted by Gasteiger charge is 2.62. The summed E-state index contributed by atoms with van der Waals surface area (Å²) in [5.41, 5.74) is 12.6. The molecule has 4 bridgehead atoms. The molecule has 4 fully saturated rings. The molecule has 51 heavy (non-hydrogen) atoms. The van der Waals surface area contributed by atoms with Crippen molar-refractivity contribution in [3.8, 4) is 11.1 Å². The Labute approximate surface area is 305 Å². The highest BCUT2D eigenvalue weighted by molar-refractivity contribution is 7.26. The summed E-state index contributed by atoms with van der Waals surface area (Å²) in [5, 5.41) is 2.69. The van der Waals surface area contributed by atoms with Crippen LogP contribution in [-0.2, 0) is 10.8 Å². The smallest absolute Gasteiger partial charge is 0.0467 e. The quantitative estimate of drug-likeness (QED) is 0.179. The molecule has 5 aliphatic rings. The van der Waals surface area contributed by atoms with Crippen molar-refractivity contribution in [3.63, 3.8) is 0 Å². The number of thiophene rings is 1. The first-order valence-electron chi connectivity index (χ1n) is 19.1. The Kier molecular flexibility index (Phi) is 6.43. The number of rotatable bonds is 4. The molecule has 0 atom stereocenters. The fraction of sp³-hybridized carbons (Fsp3) is 0.265. The third kappa shape index (κ3) is 4.20. The van der Waals surface area contributed by atoms with E-state index in [1.165, 1.54) is 86.0 Å². The van der Waals surface area contributed by atoms with Gasteiger partial charge in [0.05, 0.1) is 0 Å². The van der Waals surface area contributed by atoms with Crippen LogP contribution in [0.15, 0.2) is 140 Å². The molecule has 1 spiro atoms. The van der Waals surface area contributed by atoms with Gasteiger partial charge < -0.3 is 4.90 Å². The van der Waals surface area contributed by atoms with Gasteiger partial charge in [0, 0.05) is 48.1 Å². The molecule has 250 valence electrons. The molecule has 5 aliphatic carbocycles. The van der Waals surface area contributed by atoms with Crippen LogP contribution in [0.25, 0.3) is 31.3 Å². The molecule has 0 unspecified atom stereocenters. The van der Waals surface area contributed by atoms with E-state index in [0.29, 0.717) is 0 Å². The van der Waals surface area contributed by atoms with Gasteiger partial charge in [-0.05, 0) is 132 Å². The Morgan fingerprint density at radius 1 is 0.510 bits per heavy atom. The van der Waals surface area contributed by atoms with Crippen molar-refractivity contribution in [3.05, 3.63) is 162 Å². The molecule has 12 rings (SSSR count). The van der Waals surface area contributed by atoms with E-state index in [4.69, 9.17) is 0 Å². The van der Waals surface area contributed by atoms with Gasteiger partial charge in [-0.2, -0.15) is 0 Å². The second-order valence-corrected chi connectivity index (χ2v) is 17.6. The molecule has 0 N–H and O–H groups in total. The third-order valence-corrected chi connectivity index (χ3v) is 14.9. The Morgan fingerprint density at radius 3 is 1.94 bits per heavy atom. The standard InChI is InChI=1S/C49H43NS/c1-48(2)42-19-7-8-20-44(42)49(34-25-31-24-32(27-34)28-35(49)26-31)45-30-38(22-23-43(45)48)50(36-13-4-3-5-14-36)37-15-10-12-33(29-37)39-17-11-18-41-40-16-6-9-21-46(40)51-47(39)41/h3-23,29-32,34-35H,24-28H2,1-2H3. The number of fused-ring (bicyclic) bond motifs is 5. The molecule has 1 aromatic heterocycles. The lowest BCUT2D eigenvalue weighted by Gasteiger charge is -2.64. The minimum absolute atomic E-state index is 0.0508. The summed E-state index contributed by atoms with van der Waals surface area (Å²) in [5.74, 6) is 3.27. The minimum atomic E-state index is -0.0508. The van der Waals surface area contributed by atoms with Crippen LogP contribution in [0.4, 0.5) is 17.1 Å². The van der Waals surface area contributed by atoms with E-state index in [2.05, 4.69) is 158 Å². The fourth-order valence-electron chi connectivity index (χ4n) is 11.9. The maximum Gasteiger partial charge on any atom is 0.0467 e. The van der Waals surface area contributed by atoms with Gasteiger partial charge in [0.15, 0.2) is 0 Å². The monoisotopic (exact) mass is 677 g/mol. The van der Waals surface area contributed by atoms with Crippen molar-refractivity contribution in [1.29, 1.82) is 0 Å². The van der Waals surface area contributed by atoms with Crippen LogP contribution in [0.1, 0.15) is 68.2 Å². The van der Waals surface area contributed by atoms with Crippen LogP contribution < -0.4 is 4.90 Å². The Morgan fingerprint density at radius 2 is 1.14 bits per heavy atom. The summed E-state index contributed by atoms with van der Waals surface area (Å²) in [6.07, 6.45) is 7.02. The molecule has 1 heterocycles. The normalized spacial score (nSPS) is 25.3. The molecule has 4 saturated carbocycles. The summed E-state index contributed by atoms with van der Waals surface area (Å²) in [6.45, 7) is 4.95. The largest absolute Gasteiger partial charge is 0.310 e. The van der Waals surface area contributed by atoms with Crippen LogP contribution in [0.5, 0.6) is 0 Å². The van der Waals surface area contributed by atoms with E-state index in [9.17, 15) is 0 Å².